The Morgan fingerprint density at radius 2 is 2.18 bits per heavy atom. The summed E-state index contributed by atoms with van der Waals surface area (Å²) in [5.41, 5.74) is 0. The third-order valence-electron chi connectivity index (χ3n) is 2.26. The van der Waals surface area contributed by atoms with Crippen LogP contribution in [-0.4, -0.2) is 31.5 Å². The fourth-order valence-electron chi connectivity index (χ4n) is 1.46. The molecule has 0 saturated carbocycles. The zero-order valence-corrected chi connectivity index (χ0v) is 6.95. The van der Waals surface area contributed by atoms with E-state index < -0.39 is 0 Å². The second kappa shape index (κ2) is 4.46. The van der Waals surface area contributed by atoms with Crippen LogP contribution in [0.2, 0.25) is 0 Å². The van der Waals surface area contributed by atoms with Crippen LogP contribution < -0.4 is 0 Å². The number of piperidine rings is 1. The van der Waals surface area contributed by atoms with Crippen LogP contribution in [-0.2, 0) is 9.63 Å². The highest BCUT2D eigenvalue weighted by atomic mass is 16.7. The van der Waals surface area contributed by atoms with E-state index in [4.69, 9.17) is 4.84 Å². The lowest BCUT2D eigenvalue weighted by atomic mass is 9.95. The number of carbonyl (C=O) groups is 1. The Morgan fingerprint density at radius 1 is 1.55 bits per heavy atom. The van der Waals surface area contributed by atoms with Crippen molar-refractivity contribution in [2.75, 3.05) is 20.2 Å². The maximum absolute atomic E-state index is 10.2. The van der Waals surface area contributed by atoms with Crippen molar-refractivity contribution in [1.29, 1.82) is 0 Å². The fourth-order valence-corrected chi connectivity index (χ4v) is 1.46. The molecule has 0 N–H and O–H groups in total. The van der Waals surface area contributed by atoms with E-state index in [0.29, 0.717) is 5.92 Å². The summed E-state index contributed by atoms with van der Waals surface area (Å²) < 4.78 is 0. The van der Waals surface area contributed by atoms with Gasteiger partial charge in [-0.25, -0.2) is 0 Å². The Kier molecular flexibility index (Phi) is 3.52. The van der Waals surface area contributed by atoms with Gasteiger partial charge in [0.1, 0.15) is 6.29 Å². The molecule has 1 aliphatic rings. The molecule has 0 amide bonds. The predicted molar refractivity (Wildman–Crippen MR) is 42.0 cm³/mol. The van der Waals surface area contributed by atoms with Gasteiger partial charge in [0.25, 0.3) is 0 Å². The van der Waals surface area contributed by atoms with Crippen molar-refractivity contribution >= 4 is 6.29 Å². The monoisotopic (exact) mass is 157 g/mol. The standard InChI is InChI=1S/C8H15NO2/c1-11-9-5-2-8(3-6-9)4-7-10/h7-8H,2-6H2,1H3. The summed E-state index contributed by atoms with van der Waals surface area (Å²) in [5, 5.41) is 1.95. The van der Waals surface area contributed by atoms with E-state index in [1.807, 2.05) is 5.06 Å². The topological polar surface area (TPSA) is 29.5 Å². The average molecular weight is 157 g/mol. The van der Waals surface area contributed by atoms with Crippen LogP contribution in [0.3, 0.4) is 0 Å². The predicted octanol–water partition coefficient (Wildman–Crippen LogP) is 0.849. The summed E-state index contributed by atoms with van der Waals surface area (Å²) in [6.45, 7) is 1.93. The molecule has 0 aromatic heterocycles. The highest BCUT2D eigenvalue weighted by molar-refractivity contribution is 5.49. The van der Waals surface area contributed by atoms with Gasteiger partial charge in [0.2, 0.25) is 0 Å². The summed E-state index contributed by atoms with van der Waals surface area (Å²) in [6, 6.07) is 0. The highest BCUT2D eigenvalue weighted by Crippen LogP contribution is 2.18. The first kappa shape index (κ1) is 8.68. The molecule has 0 aliphatic carbocycles. The van der Waals surface area contributed by atoms with E-state index in [9.17, 15) is 4.79 Å². The Labute approximate surface area is 67.3 Å². The number of carbonyl (C=O) groups excluding carboxylic acids is 1. The van der Waals surface area contributed by atoms with Gasteiger partial charge in [-0.15, -0.1) is 0 Å². The Hall–Kier alpha value is -0.410. The van der Waals surface area contributed by atoms with E-state index in [1.165, 1.54) is 0 Å². The Morgan fingerprint density at radius 3 is 2.64 bits per heavy atom. The van der Waals surface area contributed by atoms with Crippen molar-refractivity contribution in [2.24, 2.45) is 5.92 Å². The lowest BCUT2D eigenvalue weighted by Gasteiger charge is -2.28. The van der Waals surface area contributed by atoms with E-state index in [2.05, 4.69) is 0 Å². The smallest absolute Gasteiger partial charge is 0.120 e. The second-order valence-electron chi connectivity index (χ2n) is 2.96. The molecule has 0 atom stereocenters. The van der Waals surface area contributed by atoms with Crippen molar-refractivity contribution in [3.8, 4) is 0 Å². The lowest BCUT2D eigenvalue weighted by Crippen LogP contribution is -2.32. The summed E-state index contributed by atoms with van der Waals surface area (Å²) in [5.74, 6) is 0.596. The maximum Gasteiger partial charge on any atom is 0.120 e. The first-order valence-corrected chi connectivity index (χ1v) is 4.09. The molecule has 0 aromatic rings. The molecule has 1 saturated heterocycles. The third-order valence-corrected chi connectivity index (χ3v) is 2.26. The van der Waals surface area contributed by atoms with E-state index >= 15 is 0 Å². The summed E-state index contributed by atoms with van der Waals surface area (Å²) in [6.07, 6.45) is 3.92. The first-order valence-electron chi connectivity index (χ1n) is 4.09. The van der Waals surface area contributed by atoms with Crippen molar-refractivity contribution < 1.29 is 9.63 Å². The van der Waals surface area contributed by atoms with Crippen LogP contribution >= 0.6 is 0 Å². The zero-order valence-electron chi connectivity index (χ0n) is 6.95. The molecule has 64 valence electrons. The van der Waals surface area contributed by atoms with Gasteiger partial charge in [0.15, 0.2) is 0 Å². The minimum Gasteiger partial charge on any atom is -0.303 e. The van der Waals surface area contributed by atoms with Gasteiger partial charge in [0, 0.05) is 19.5 Å². The first-order chi connectivity index (χ1) is 5.36. The number of hydrogen-bond donors (Lipinski definition) is 0. The third kappa shape index (κ3) is 2.60. The zero-order chi connectivity index (χ0) is 8.10. The molecule has 1 fully saturated rings. The van der Waals surface area contributed by atoms with Crippen LogP contribution in [0.1, 0.15) is 19.3 Å². The molecule has 0 spiro atoms. The van der Waals surface area contributed by atoms with E-state index in [-0.39, 0.29) is 0 Å². The Balaban J connectivity index is 2.18. The molecule has 3 heteroatoms. The molecule has 1 aliphatic heterocycles. The molecule has 0 bridgehead atoms. The largest absolute Gasteiger partial charge is 0.303 e. The number of rotatable bonds is 3. The molecule has 11 heavy (non-hydrogen) atoms. The van der Waals surface area contributed by atoms with Crippen LogP contribution in [0, 0.1) is 5.92 Å². The summed E-state index contributed by atoms with van der Waals surface area (Å²) >= 11 is 0. The second-order valence-corrected chi connectivity index (χ2v) is 2.96. The number of hydroxylamine groups is 2. The normalized spacial score (nSPS) is 21.9. The molecular weight excluding hydrogens is 142 g/mol. The molecule has 1 rings (SSSR count). The van der Waals surface area contributed by atoms with Crippen molar-refractivity contribution in [3.63, 3.8) is 0 Å². The van der Waals surface area contributed by atoms with Gasteiger partial charge in [-0.05, 0) is 18.8 Å². The maximum atomic E-state index is 10.2. The van der Waals surface area contributed by atoms with Crippen molar-refractivity contribution in [3.05, 3.63) is 0 Å². The number of hydrogen-bond acceptors (Lipinski definition) is 3. The molecule has 3 nitrogen and oxygen atoms in total. The number of aldehydes is 1. The van der Waals surface area contributed by atoms with E-state index in [0.717, 1.165) is 38.6 Å². The quantitative estimate of drug-likeness (QED) is 0.569. The Bertz CT molecular complexity index is 119. The van der Waals surface area contributed by atoms with Crippen LogP contribution in [0.25, 0.3) is 0 Å². The molecule has 1 heterocycles. The van der Waals surface area contributed by atoms with Gasteiger partial charge in [0.05, 0.1) is 7.11 Å². The van der Waals surface area contributed by atoms with Gasteiger partial charge in [-0.3, -0.25) is 0 Å². The number of nitrogens with zero attached hydrogens (tertiary/aromatic N) is 1. The van der Waals surface area contributed by atoms with Crippen molar-refractivity contribution in [2.45, 2.75) is 19.3 Å². The van der Waals surface area contributed by atoms with Crippen molar-refractivity contribution in [1.82, 2.24) is 5.06 Å². The van der Waals surface area contributed by atoms with Gasteiger partial charge in [-0.2, -0.15) is 5.06 Å². The van der Waals surface area contributed by atoms with Gasteiger partial charge in [-0.1, -0.05) is 0 Å². The summed E-state index contributed by atoms with van der Waals surface area (Å²) in [7, 11) is 1.69. The molecule has 0 radical (unpaired) electrons. The van der Waals surface area contributed by atoms with Crippen LogP contribution in [0.5, 0.6) is 0 Å². The molecular formula is C8H15NO2. The SMILES string of the molecule is CON1CCC(CC=O)CC1. The van der Waals surface area contributed by atoms with Crippen LogP contribution in [0.15, 0.2) is 0 Å². The van der Waals surface area contributed by atoms with E-state index in [1.54, 1.807) is 7.11 Å². The van der Waals surface area contributed by atoms with Crippen LogP contribution in [0.4, 0.5) is 0 Å². The minimum atomic E-state index is 0.596. The van der Waals surface area contributed by atoms with Gasteiger partial charge >= 0.3 is 0 Å². The minimum absolute atomic E-state index is 0.596. The fraction of sp³-hybridized carbons (Fsp3) is 0.875. The lowest BCUT2D eigenvalue weighted by molar-refractivity contribution is -0.148. The molecule has 0 aromatic carbocycles. The molecule has 0 unspecified atom stereocenters. The highest BCUT2D eigenvalue weighted by Gasteiger charge is 2.17. The summed E-state index contributed by atoms with van der Waals surface area (Å²) in [4.78, 5) is 15.2. The average Bonchev–Trinajstić information content (AvgIpc) is 2.07. The van der Waals surface area contributed by atoms with Gasteiger partial charge < -0.3 is 9.63 Å².